The topological polar surface area (TPSA) is 22.1 Å². The molecule has 154 valence electrons. The summed E-state index contributed by atoms with van der Waals surface area (Å²) in [6.07, 6.45) is 13.8. The fourth-order valence-electron chi connectivity index (χ4n) is 4.20. The van der Waals surface area contributed by atoms with E-state index in [2.05, 4.69) is 54.9 Å². The molecule has 0 atom stereocenters. The minimum atomic E-state index is 0.722. The Morgan fingerprint density at radius 1 is 0.897 bits per heavy atom. The maximum absolute atomic E-state index is 5.56. The van der Waals surface area contributed by atoms with Gasteiger partial charge < -0.3 is 4.74 Å². The number of rotatable bonds is 8. The molecular formula is C27H35NO. The van der Waals surface area contributed by atoms with Gasteiger partial charge in [-0.3, -0.25) is 0 Å². The maximum atomic E-state index is 5.56. The zero-order valence-corrected chi connectivity index (χ0v) is 18.1. The van der Waals surface area contributed by atoms with E-state index in [0.717, 1.165) is 41.9 Å². The van der Waals surface area contributed by atoms with Gasteiger partial charge in [-0.15, -0.1) is 0 Å². The second-order valence-corrected chi connectivity index (χ2v) is 8.31. The zero-order valence-electron chi connectivity index (χ0n) is 18.1. The fraction of sp³-hybridized carbons (Fsp3) is 0.519. The Morgan fingerprint density at radius 3 is 2.34 bits per heavy atom. The first kappa shape index (κ1) is 21.4. The summed E-state index contributed by atoms with van der Waals surface area (Å²) >= 11 is 0. The van der Waals surface area contributed by atoms with Gasteiger partial charge in [-0.25, -0.2) is 4.98 Å². The molecule has 0 saturated heterocycles. The second kappa shape index (κ2) is 11.7. The Bertz CT molecular complexity index is 774. The lowest BCUT2D eigenvalue weighted by Gasteiger charge is -2.29. The molecule has 2 heteroatoms. The lowest BCUT2D eigenvalue weighted by Crippen LogP contribution is -2.13. The summed E-state index contributed by atoms with van der Waals surface area (Å²) in [4.78, 5) is 4.37. The number of hydrogen-bond acceptors (Lipinski definition) is 2. The van der Waals surface area contributed by atoms with Crippen LogP contribution < -0.4 is 4.74 Å². The summed E-state index contributed by atoms with van der Waals surface area (Å²) in [5.41, 5.74) is 3.31. The Morgan fingerprint density at radius 2 is 1.69 bits per heavy atom. The fourth-order valence-corrected chi connectivity index (χ4v) is 4.20. The molecule has 2 nitrogen and oxygen atoms in total. The van der Waals surface area contributed by atoms with Gasteiger partial charge in [-0.05, 0) is 79.7 Å². The van der Waals surface area contributed by atoms with Gasteiger partial charge in [-0.1, -0.05) is 57.6 Å². The number of benzene rings is 1. The molecule has 1 aromatic heterocycles. The second-order valence-electron chi connectivity index (χ2n) is 8.31. The highest BCUT2D eigenvalue weighted by Crippen LogP contribution is 2.37. The van der Waals surface area contributed by atoms with E-state index >= 15 is 0 Å². The largest absolute Gasteiger partial charge is 0.492 e. The molecule has 1 fully saturated rings. The van der Waals surface area contributed by atoms with Crippen molar-refractivity contribution in [2.24, 2.45) is 5.92 Å². The molecule has 0 amide bonds. The monoisotopic (exact) mass is 389 g/mol. The van der Waals surface area contributed by atoms with E-state index in [9.17, 15) is 0 Å². The van der Waals surface area contributed by atoms with Gasteiger partial charge in [0, 0.05) is 5.56 Å². The molecule has 1 aliphatic rings. The molecule has 29 heavy (non-hydrogen) atoms. The molecule has 1 saturated carbocycles. The van der Waals surface area contributed by atoms with E-state index in [0.29, 0.717) is 0 Å². The zero-order chi connectivity index (χ0) is 20.3. The number of hydrogen-bond donors (Lipinski definition) is 0. The van der Waals surface area contributed by atoms with E-state index in [1.165, 1.54) is 56.9 Å². The van der Waals surface area contributed by atoms with Crippen molar-refractivity contribution in [2.75, 3.05) is 6.61 Å². The smallest absolute Gasteiger partial charge is 0.137 e. The van der Waals surface area contributed by atoms with Crippen LogP contribution in [0.25, 0.3) is 0 Å². The SMILES string of the molecule is CCCCCC1CCC(c2ccc(C#Cc3ccc(OCCC)cn3)cc2)CC1. The standard InChI is InChI=1S/C27H35NO/c1-3-5-6-7-22-8-13-24(14-9-22)25-15-10-23(11-16-25)12-17-26-18-19-27(21-28-26)29-20-4-2/h10-11,15-16,18-19,21-22,24H,3-9,13-14,20H2,1-2H3. The quantitative estimate of drug-likeness (QED) is 0.354. The Hall–Kier alpha value is -2.27. The van der Waals surface area contributed by atoms with Crippen LogP contribution in [-0.2, 0) is 0 Å². The average Bonchev–Trinajstić information content (AvgIpc) is 2.78. The highest BCUT2D eigenvalue weighted by atomic mass is 16.5. The number of ether oxygens (including phenoxy) is 1. The van der Waals surface area contributed by atoms with Crippen LogP contribution in [0.4, 0.5) is 0 Å². The van der Waals surface area contributed by atoms with Crippen LogP contribution in [0, 0.1) is 17.8 Å². The summed E-state index contributed by atoms with van der Waals surface area (Å²) in [6, 6.07) is 12.7. The van der Waals surface area contributed by atoms with E-state index in [1.807, 2.05) is 12.1 Å². The lowest BCUT2D eigenvalue weighted by atomic mass is 9.77. The van der Waals surface area contributed by atoms with Crippen molar-refractivity contribution in [1.82, 2.24) is 4.98 Å². The number of aromatic nitrogens is 1. The van der Waals surface area contributed by atoms with Crippen LogP contribution in [0.1, 0.15) is 94.4 Å². The molecule has 0 bridgehead atoms. The van der Waals surface area contributed by atoms with Crippen LogP contribution >= 0.6 is 0 Å². The van der Waals surface area contributed by atoms with Crippen molar-refractivity contribution in [3.05, 3.63) is 59.4 Å². The average molecular weight is 390 g/mol. The summed E-state index contributed by atoms with van der Waals surface area (Å²) in [7, 11) is 0. The van der Waals surface area contributed by atoms with E-state index in [1.54, 1.807) is 6.20 Å². The van der Waals surface area contributed by atoms with Gasteiger partial charge in [-0.2, -0.15) is 0 Å². The van der Waals surface area contributed by atoms with Crippen LogP contribution in [0.15, 0.2) is 42.6 Å². The van der Waals surface area contributed by atoms with Crippen LogP contribution in [0.5, 0.6) is 5.75 Å². The third kappa shape index (κ3) is 6.93. The molecular weight excluding hydrogens is 354 g/mol. The molecule has 0 radical (unpaired) electrons. The summed E-state index contributed by atoms with van der Waals surface area (Å²) in [5.74, 6) is 8.90. The minimum absolute atomic E-state index is 0.722. The van der Waals surface area contributed by atoms with Gasteiger partial charge in [0.25, 0.3) is 0 Å². The van der Waals surface area contributed by atoms with E-state index < -0.39 is 0 Å². The Labute approximate surface area is 177 Å². The third-order valence-corrected chi connectivity index (χ3v) is 5.99. The number of nitrogens with zero attached hydrogens (tertiary/aromatic N) is 1. The van der Waals surface area contributed by atoms with Gasteiger partial charge in [0.05, 0.1) is 12.8 Å². The van der Waals surface area contributed by atoms with Crippen molar-refractivity contribution in [3.8, 4) is 17.6 Å². The number of unbranched alkanes of at least 4 members (excludes halogenated alkanes) is 2. The van der Waals surface area contributed by atoms with Crippen molar-refractivity contribution >= 4 is 0 Å². The first-order valence-corrected chi connectivity index (χ1v) is 11.5. The first-order chi connectivity index (χ1) is 14.3. The first-order valence-electron chi connectivity index (χ1n) is 11.5. The minimum Gasteiger partial charge on any atom is -0.492 e. The van der Waals surface area contributed by atoms with Crippen molar-refractivity contribution in [2.45, 2.75) is 77.6 Å². The van der Waals surface area contributed by atoms with Crippen molar-refractivity contribution in [1.29, 1.82) is 0 Å². The van der Waals surface area contributed by atoms with Crippen molar-refractivity contribution in [3.63, 3.8) is 0 Å². The van der Waals surface area contributed by atoms with Crippen molar-refractivity contribution < 1.29 is 4.74 Å². The van der Waals surface area contributed by atoms with Gasteiger partial charge in [0.15, 0.2) is 0 Å². The van der Waals surface area contributed by atoms with Crippen LogP contribution in [-0.4, -0.2) is 11.6 Å². The maximum Gasteiger partial charge on any atom is 0.137 e. The molecule has 3 rings (SSSR count). The summed E-state index contributed by atoms with van der Waals surface area (Å²) < 4.78 is 5.56. The molecule has 1 aliphatic carbocycles. The van der Waals surface area contributed by atoms with Crippen LogP contribution in [0.2, 0.25) is 0 Å². The molecule has 1 aromatic carbocycles. The van der Waals surface area contributed by atoms with Gasteiger partial charge in [0.2, 0.25) is 0 Å². The summed E-state index contributed by atoms with van der Waals surface area (Å²) in [5, 5.41) is 0. The molecule has 1 heterocycles. The molecule has 0 spiro atoms. The van der Waals surface area contributed by atoms with E-state index in [-0.39, 0.29) is 0 Å². The highest BCUT2D eigenvalue weighted by molar-refractivity contribution is 5.42. The molecule has 0 unspecified atom stereocenters. The predicted octanol–water partition coefficient (Wildman–Crippen LogP) is 7.12. The molecule has 0 N–H and O–H groups in total. The Balaban J connectivity index is 1.50. The van der Waals surface area contributed by atoms with Crippen LogP contribution in [0.3, 0.4) is 0 Å². The van der Waals surface area contributed by atoms with Gasteiger partial charge in [0.1, 0.15) is 11.4 Å². The van der Waals surface area contributed by atoms with E-state index in [4.69, 9.17) is 4.74 Å². The lowest BCUT2D eigenvalue weighted by molar-refractivity contribution is 0.303. The molecule has 0 aliphatic heterocycles. The number of pyridine rings is 1. The van der Waals surface area contributed by atoms with Gasteiger partial charge >= 0.3 is 0 Å². The highest BCUT2D eigenvalue weighted by Gasteiger charge is 2.21. The molecule has 2 aromatic rings. The normalized spacial score (nSPS) is 18.7. The summed E-state index contributed by atoms with van der Waals surface area (Å²) in [6.45, 7) is 5.11. The Kier molecular flexibility index (Phi) is 8.62. The third-order valence-electron chi connectivity index (χ3n) is 5.99. The predicted molar refractivity (Wildman–Crippen MR) is 121 cm³/mol.